The zero-order chi connectivity index (χ0) is 14.3. The van der Waals surface area contributed by atoms with Crippen LogP contribution in [0.1, 0.15) is 17.0 Å². The van der Waals surface area contributed by atoms with E-state index >= 15 is 0 Å². The van der Waals surface area contributed by atoms with Crippen molar-refractivity contribution in [3.63, 3.8) is 0 Å². The number of fused-ring (bicyclic) bond motifs is 1. The number of imidazole rings is 1. The first-order valence-electron chi connectivity index (χ1n) is 6.41. The lowest BCUT2D eigenvalue weighted by atomic mass is 10.1. The van der Waals surface area contributed by atoms with E-state index in [1.54, 1.807) is 0 Å². The summed E-state index contributed by atoms with van der Waals surface area (Å²) in [4.78, 5) is 4.60. The van der Waals surface area contributed by atoms with E-state index in [4.69, 9.17) is 23.2 Å². The largest absolute Gasteiger partial charge is 0.293 e. The van der Waals surface area contributed by atoms with Gasteiger partial charge in [0, 0.05) is 0 Å². The zero-order valence-corrected chi connectivity index (χ0v) is 12.8. The van der Waals surface area contributed by atoms with Crippen LogP contribution in [-0.4, -0.2) is 9.55 Å². The van der Waals surface area contributed by atoms with E-state index in [9.17, 15) is 0 Å². The van der Waals surface area contributed by atoms with Gasteiger partial charge in [-0.05, 0) is 43.2 Å². The molecule has 0 aliphatic carbocycles. The summed E-state index contributed by atoms with van der Waals surface area (Å²) in [5.41, 5.74) is 5.22. The van der Waals surface area contributed by atoms with Gasteiger partial charge in [0.15, 0.2) is 0 Å². The van der Waals surface area contributed by atoms with Gasteiger partial charge in [-0.1, -0.05) is 29.8 Å². The smallest absolute Gasteiger partial charge is 0.129 e. The predicted molar refractivity (Wildman–Crippen MR) is 85.1 cm³/mol. The second-order valence-corrected chi connectivity index (χ2v) is 5.57. The first-order valence-corrected chi connectivity index (χ1v) is 7.32. The lowest BCUT2D eigenvalue weighted by Crippen LogP contribution is -2.02. The molecule has 2 nitrogen and oxygen atoms in total. The maximum atomic E-state index is 6.40. The monoisotopic (exact) mass is 304 g/mol. The maximum Gasteiger partial charge on any atom is 0.129 e. The molecular formula is C16H14Cl2N2. The third-order valence-electron chi connectivity index (χ3n) is 3.41. The molecule has 0 N–H and O–H groups in total. The molecule has 102 valence electrons. The standard InChI is InChI=1S/C16H14Cl2N2/c1-10-6-7-13-14(8-10)20(15(9-17)19-13)16-11(2)4-3-5-12(16)18/h3-8H,9H2,1-2H3. The minimum Gasteiger partial charge on any atom is -0.293 e. The Labute approximate surface area is 128 Å². The number of hydrogen-bond acceptors (Lipinski definition) is 1. The minimum absolute atomic E-state index is 0.346. The summed E-state index contributed by atoms with van der Waals surface area (Å²) in [6.45, 7) is 4.11. The van der Waals surface area contributed by atoms with E-state index in [1.807, 2.05) is 31.2 Å². The van der Waals surface area contributed by atoms with E-state index in [2.05, 4.69) is 28.6 Å². The number of para-hydroxylation sites is 1. The van der Waals surface area contributed by atoms with Crippen molar-refractivity contribution < 1.29 is 0 Å². The van der Waals surface area contributed by atoms with Gasteiger partial charge < -0.3 is 0 Å². The number of halogens is 2. The van der Waals surface area contributed by atoms with E-state index < -0.39 is 0 Å². The third kappa shape index (κ3) is 2.09. The van der Waals surface area contributed by atoms with Crippen LogP contribution in [0.2, 0.25) is 5.02 Å². The molecule has 0 saturated carbocycles. The molecular weight excluding hydrogens is 291 g/mol. The van der Waals surface area contributed by atoms with Crippen molar-refractivity contribution in [1.29, 1.82) is 0 Å². The molecule has 4 heteroatoms. The maximum absolute atomic E-state index is 6.40. The van der Waals surface area contributed by atoms with Crippen LogP contribution in [0.25, 0.3) is 16.7 Å². The Bertz CT molecular complexity index is 770. The van der Waals surface area contributed by atoms with Gasteiger partial charge in [0.25, 0.3) is 0 Å². The molecule has 2 aromatic carbocycles. The number of benzene rings is 2. The van der Waals surface area contributed by atoms with Crippen molar-refractivity contribution in [2.45, 2.75) is 19.7 Å². The highest BCUT2D eigenvalue weighted by Crippen LogP contribution is 2.30. The molecule has 0 fully saturated rings. The molecule has 3 aromatic rings. The highest BCUT2D eigenvalue weighted by Gasteiger charge is 2.15. The van der Waals surface area contributed by atoms with Crippen LogP contribution >= 0.6 is 23.2 Å². The molecule has 0 unspecified atom stereocenters. The Morgan fingerprint density at radius 2 is 1.95 bits per heavy atom. The second kappa shape index (κ2) is 5.12. The Balaban J connectivity index is 2.42. The molecule has 0 saturated heterocycles. The average Bonchev–Trinajstić information content (AvgIpc) is 2.77. The van der Waals surface area contributed by atoms with E-state index in [1.165, 1.54) is 5.56 Å². The molecule has 0 bridgehead atoms. The number of hydrogen-bond donors (Lipinski definition) is 0. The fraction of sp³-hybridized carbons (Fsp3) is 0.188. The minimum atomic E-state index is 0.346. The van der Waals surface area contributed by atoms with Crippen molar-refractivity contribution in [2.75, 3.05) is 0 Å². The van der Waals surface area contributed by atoms with Gasteiger partial charge in [-0.25, -0.2) is 4.98 Å². The van der Waals surface area contributed by atoms with E-state index in [0.29, 0.717) is 10.9 Å². The molecule has 0 aliphatic heterocycles. The molecule has 1 aromatic heterocycles. The fourth-order valence-electron chi connectivity index (χ4n) is 2.48. The number of aromatic nitrogens is 2. The number of alkyl halides is 1. The van der Waals surface area contributed by atoms with Crippen LogP contribution in [0.15, 0.2) is 36.4 Å². The van der Waals surface area contributed by atoms with E-state index in [-0.39, 0.29) is 0 Å². The average molecular weight is 305 g/mol. The summed E-state index contributed by atoms with van der Waals surface area (Å²) in [6, 6.07) is 12.1. The van der Waals surface area contributed by atoms with Crippen LogP contribution in [0.5, 0.6) is 0 Å². The van der Waals surface area contributed by atoms with Gasteiger partial charge in [0.2, 0.25) is 0 Å². The van der Waals surface area contributed by atoms with Gasteiger partial charge in [0.1, 0.15) is 5.82 Å². The van der Waals surface area contributed by atoms with Gasteiger partial charge >= 0.3 is 0 Å². The SMILES string of the molecule is Cc1ccc2nc(CCl)n(-c3c(C)cccc3Cl)c2c1. The summed E-state index contributed by atoms with van der Waals surface area (Å²) in [5.74, 6) is 1.15. The molecule has 1 heterocycles. The van der Waals surface area contributed by atoms with Crippen LogP contribution < -0.4 is 0 Å². The lowest BCUT2D eigenvalue weighted by molar-refractivity contribution is 0.972. The first kappa shape index (κ1) is 13.5. The Kier molecular flexibility index (Phi) is 3.45. The Morgan fingerprint density at radius 3 is 2.65 bits per heavy atom. The summed E-state index contributed by atoms with van der Waals surface area (Å²) < 4.78 is 2.06. The molecule has 3 rings (SSSR count). The highest BCUT2D eigenvalue weighted by molar-refractivity contribution is 6.32. The first-order chi connectivity index (χ1) is 9.61. The lowest BCUT2D eigenvalue weighted by Gasteiger charge is -2.13. The van der Waals surface area contributed by atoms with Crippen molar-refractivity contribution in [1.82, 2.24) is 9.55 Å². The Hall–Kier alpha value is -1.51. The molecule has 0 aliphatic rings. The van der Waals surface area contributed by atoms with Crippen molar-refractivity contribution in [3.8, 4) is 5.69 Å². The van der Waals surface area contributed by atoms with Crippen molar-refractivity contribution in [3.05, 3.63) is 58.4 Å². The molecule has 0 amide bonds. The summed E-state index contributed by atoms with van der Waals surface area (Å²) in [6.07, 6.45) is 0. The van der Waals surface area contributed by atoms with Crippen LogP contribution in [0, 0.1) is 13.8 Å². The van der Waals surface area contributed by atoms with Gasteiger partial charge in [0.05, 0.1) is 27.6 Å². The van der Waals surface area contributed by atoms with Crippen LogP contribution in [-0.2, 0) is 5.88 Å². The molecule has 0 spiro atoms. The third-order valence-corrected chi connectivity index (χ3v) is 3.96. The number of nitrogens with zero attached hydrogens (tertiary/aromatic N) is 2. The fourth-order valence-corrected chi connectivity index (χ4v) is 2.97. The summed E-state index contributed by atoms with van der Waals surface area (Å²) in [7, 11) is 0. The zero-order valence-electron chi connectivity index (χ0n) is 11.3. The van der Waals surface area contributed by atoms with Gasteiger partial charge in [-0.3, -0.25) is 4.57 Å². The van der Waals surface area contributed by atoms with Crippen molar-refractivity contribution >= 4 is 34.2 Å². The quantitative estimate of drug-likeness (QED) is 0.607. The number of rotatable bonds is 2. The molecule has 0 radical (unpaired) electrons. The number of aryl methyl sites for hydroxylation is 2. The summed E-state index contributed by atoms with van der Waals surface area (Å²) >= 11 is 12.5. The normalized spacial score (nSPS) is 11.2. The molecule has 20 heavy (non-hydrogen) atoms. The van der Waals surface area contributed by atoms with Gasteiger partial charge in [-0.2, -0.15) is 0 Å². The highest BCUT2D eigenvalue weighted by atomic mass is 35.5. The second-order valence-electron chi connectivity index (χ2n) is 4.89. The summed E-state index contributed by atoms with van der Waals surface area (Å²) in [5, 5.41) is 0.706. The topological polar surface area (TPSA) is 17.8 Å². The molecule has 0 atom stereocenters. The van der Waals surface area contributed by atoms with Crippen molar-refractivity contribution in [2.24, 2.45) is 0 Å². The Morgan fingerprint density at radius 1 is 1.15 bits per heavy atom. The van der Waals surface area contributed by atoms with E-state index in [0.717, 1.165) is 28.1 Å². The van der Waals surface area contributed by atoms with Crippen LogP contribution in [0.4, 0.5) is 0 Å². The predicted octanol–water partition coefficient (Wildman–Crippen LogP) is 5.03. The van der Waals surface area contributed by atoms with Gasteiger partial charge in [-0.15, -0.1) is 11.6 Å². The van der Waals surface area contributed by atoms with Crippen LogP contribution in [0.3, 0.4) is 0 Å².